The third-order valence-corrected chi connectivity index (χ3v) is 3.85. The smallest absolute Gasteiger partial charge is 0.148 e. The number of aliphatic imine (C=N–C) groups is 2. The Hall–Kier alpha value is -1.84. The van der Waals surface area contributed by atoms with Crippen molar-refractivity contribution in [1.29, 1.82) is 0 Å². The maximum atomic E-state index is 4.49. The number of nitrogens with zero attached hydrogens (tertiary/aromatic N) is 4. The van der Waals surface area contributed by atoms with Gasteiger partial charge in [-0.3, -0.25) is 4.99 Å². The third kappa shape index (κ3) is 3.84. The van der Waals surface area contributed by atoms with Crippen LogP contribution in [-0.4, -0.2) is 36.3 Å². The Balaban J connectivity index is 2.16. The Morgan fingerprint density at radius 1 is 1.48 bits per heavy atom. The molecule has 0 spiro atoms. The topological polar surface area (TPSA) is 31.2 Å². The lowest BCUT2D eigenvalue weighted by atomic mass is 9.92. The van der Waals surface area contributed by atoms with Crippen molar-refractivity contribution in [2.24, 2.45) is 21.3 Å². The van der Waals surface area contributed by atoms with Gasteiger partial charge in [-0.15, -0.1) is 0 Å². The van der Waals surface area contributed by atoms with Gasteiger partial charge in [-0.05, 0) is 25.5 Å². The van der Waals surface area contributed by atoms with Crippen molar-refractivity contribution in [2.45, 2.75) is 33.6 Å². The van der Waals surface area contributed by atoms with Gasteiger partial charge < -0.3 is 9.80 Å². The molecular formula is C17H26N4. The van der Waals surface area contributed by atoms with Crippen LogP contribution in [0.5, 0.6) is 0 Å². The van der Waals surface area contributed by atoms with E-state index in [0.717, 1.165) is 23.8 Å². The molecule has 1 saturated carbocycles. The van der Waals surface area contributed by atoms with Gasteiger partial charge in [-0.25, -0.2) is 4.99 Å². The van der Waals surface area contributed by atoms with Gasteiger partial charge in [-0.1, -0.05) is 27.4 Å². The van der Waals surface area contributed by atoms with Crippen LogP contribution in [0.4, 0.5) is 0 Å². The molecule has 1 aliphatic carbocycles. The standard InChI is InChI=1S/C17H26N4/c1-13(14-7-8-14)20(6)16(18-5)12-21-10-9-19-15(11-21)17(2,3)4/h9,11-12,14H,1,5,7-8,10H2,2-4,6H3/b16-12+. The first kappa shape index (κ1) is 15.5. The minimum Gasteiger partial charge on any atom is -0.344 e. The van der Waals surface area contributed by atoms with E-state index in [4.69, 9.17) is 0 Å². The molecule has 1 aliphatic heterocycles. The van der Waals surface area contributed by atoms with Crippen LogP contribution in [0.25, 0.3) is 0 Å². The highest BCUT2D eigenvalue weighted by molar-refractivity contribution is 5.63. The van der Waals surface area contributed by atoms with Crippen LogP contribution < -0.4 is 0 Å². The molecule has 114 valence electrons. The molecule has 2 rings (SSSR count). The Kier molecular flexibility index (Phi) is 4.35. The van der Waals surface area contributed by atoms with Crippen molar-refractivity contribution >= 4 is 12.9 Å². The molecule has 0 bridgehead atoms. The lowest BCUT2D eigenvalue weighted by Crippen LogP contribution is -2.24. The van der Waals surface area contributed by atoms with Crippen LogP contribution in [0.3, 0.4) is 0 Å². The van der Waals surface area contributed by atoms with E-state index in [9.17, 15) is 0 Å². The number of rotatable bonds is 5. The van der Waals surface area contributed by atoms with Gasteiger partial charge in [0.2, 0.25) is 0 Å². The zero-order valence-corrected chi connectivity index (χ0v) is 13.6. The van der Waals surface area contributed by atoms with E-state index in [-0.39, 0.29) is 5.41 Å². The molecule has 0 aromatic carbocycles. The lowest BCUT2D eigenvalue weighted by Gasteiger charge is -2.28. The average molecular weight is 286 g/mol. The van der Waals surface area contributed by atoms with E-state index in [1.807, 2.05) is 24.4 Å². The molecule has 0 atom stereocenters. The summed E-state index contributed by atoms with van der Waals surface area (Å²) in [6, 6.07) is 0. The normalized spacial score (nSPS) is 19.3. The second-order valence-corrected chi connectivity index (χ2v) is 6.74. The van der Waals surface area contributed by atoms with Crippen LogP contribution in [-0.2, 0) is 0 Å². The van der Waals surface area contributed by atoms with Crippen molar-refractivity contribution < 1.29 is 0 Å². The summed E-state index contributed by atoms with van der Waals surface area (Å²) in [6.45, 7) is 15.1. The molecule has 4 nitrogen and oxygen atoms in total. The summed E-state index contributed by atoms with van der Waals surface area (Å²) in [7, 11) is 2.01. The maximum absolute atomic E-state index is 4.49. The predicted octanol–water partition coefficient (Wildman–Crippen LogP) is 3.62. The summed E-state index contributed by atoms with van der Waals surface area (Å²) < 4.78 is 0. The van der Waals surface area contributed by atoms with Gasteiger partial charge in [0.25, 0.3) is 0 Å². The van der Waals surface area contributed by atoms with E-state index in [2.05, 4.69) is 55.2 Å². The van der Waals surface area contributed by atoms with Gasteiger partial charge in [0.1, 0.15) is 5.82 Å². The van der Waals surface area contributed by atoms with Crippen LogP contribution in [0.2, 0.25) is 0 Å². The maximum Gasteiger partial charge on any atom is 0.148 e. The Bertz CT molecular complexity index is 515. The zero-order valence-electron chi connectivity index (χ0n) is 13.6. The molecule has 0 aromatic heterocycles. The minimum atomic E-state index is 0.0360. The van der Waals surface area contributed by atoms with Gasteiger partial charge in [-0.2, -0.15) is 0 Å². The van der Waals surface area contributed by atoms with Crippen LogP contribution in [0, 0.1) is 11.3 Å². The van der Waals surface area contributed by atoms with E-state index < -0.39 is 0 Å². The highest BCUT2D eigenvalue weighted by atomic mass is 15.2. The molecule has 2 aliphatic rings. The average Bonchev–Trinajstić information content (AvgIpc) is 3.27. The number of hydrogen-bond donors (Lipinski definition) is 0. The molecule has 0 radical (unpaired) electrons. The van der Waals surface area contributed by atoms with Crippen molar-refractivity contribution in [3.63, 3.8) is 0 Å². The second-order valence-electron chi connectivity index (χ2n) is 6.74. The molecule has 1 fully saturated rings. The summed E-state index contributed by atoms with van der Waals surface area (Å²) in [5.74, 6) is 1.44. The summed E-state index contributed by atoms with van der Waals surface area (Å²) >= 11 is 0. The quantitative estimate of drug-likeness (QED) is 0.723. The largest absolute Gasteiger partial charge is 0.344 e. The summed E-state index contributed by atoms with van der Waals surface area (Å²) in [6.07, 6.45) is 8.50. The highest BCUT2D eigenvalue weighted by Gasteiger charge is 2.28. The molecule has 0 saturated heterocycles. The van der Waals surface area contributed by atoms with Gasteiger partial charge in [0, 0.05) is 36.8 Å². The second kappa shape index (κ2) is 5.88. The monoisotopic (exact) mass is 286 g/mol. The first-order chi connectivity index (χ1) is 9.82. The Morgan fingerprint density at radius 3 is 2.67 bits per heavy atom. The molecule has 0 aromatic rings. The van der Waals surface area contributed by atoms with Gasteiger partial charge >= 0.3 is 0 Å². The van der Waals surface area contributed by atoms with Crippen molar-refractivity contribution in [3.8, 4) is 0 Å². The van der Waals surface area contributed by atoms with Crippen LogP contribution in [0.15, 0.2) is 46.2 Å². The van der Waals surface area contributed by atoms with Gasteiger partial charge in [0.15, 0.2) is 0 Å². The lowest BCUT2D eigenvalue weighted by molar-refractivity contribution is 0.440. The van der Waals surface area contributed by atoms with Crippen molar-refractivity contribution in [2.75, 3.05) is 13.6 Å². The SMILES string of the molecule is C=N/C(=C\N1C=C(C(C)(C)C)N=CC1)N(C)C(=C)C1CC1. The van der Waals surface area contributed by atoms with Crippen molar-refractivity contribution in [1.82, 2.24) is 9.80 Å². The Morgan fingerprint density at radius 2 is 2.14 bits per heavy atom. The van der Waals surface area contributed by atoms with E-state index in [0.29, 0.717) is 5.92 Å². The molecule has 0 unspecified atom stereocenters. The van der Waals surface area contributed by atoms with E-state index >= 15 is 0 Å². The van der Waals surface area contributed by atoms with Gasteiger partial charge in [0.05, 0.1) is 12.2 Å². The molecule has 1 heterocycles. The third-order valence-electron chi connectivity index (χ3n) is 3.85. The number of allylic oxidation sites excluding steroid dienone is 2. The summed E-state index contributed by atoms with van der Waals surface area (Å²) in [5.41, 5.74) is 2.23. The molecule has 0 N–H and O–H groups in total. The fourth-order valence-corrected chi connectivity index (χ4v) is 2.17. The first-order valence-electron chi connectivity index (χ1n) is 7.44. The minimum absolute atomic E-state index is 0.0360. The van der Waals surface area contributed by atoms with E-state index in [1.165, 1.54) is 12.8 Å². The summed E-state index contributed by atoms with van der Waals surface area (Å²) in [4.78, 5) is 12.8. The molecule has 4 heteroatoms. The van der Waals surface area contributed by atoms with Crippen LogP contribution in [0.1, 0.15) is 33.6 Å². The number of hydrogen-bond acceptors (Lipinski definition) is 4. The Labute approximate surface area is 128 Å². The molecule has 21 heavy (non-hydrogen) atoms. The fourth-order valence-electron chi connectivity index (χ4n) is 2.17. The van der Waals surface area contributed by atoms with Crippen LogP contribution >= 0.6 is 0 Å². The first-order valence-corrected chi connectivity index (χ1v) is 7.44. The molecular weight excluding hydrogens is 260 g/mol. The fraction of sp³-hybridized carbons (Fsp3) is 0.529. The highest BCUT2D eigenvalue weighted by Crippen LogP contribution is 2.38. The predicted molar refractivity (Wildman–Crippen MR) is 90.0 cm³/mol. The van der Waals surface area contributed by atoms with E-state index in [1.54, 1.807) is 0 Å². The summed E-state index contributed by atoms with van der Waals surface area (Å²) in [5, 5.41) is 0. The zero-order chi connectivity index (χ0) is 15.6. The van der Waals surface area contributed by atoms with Crippen molar-refractivity contribution in [3.05, 3.63) is 36.2 Å². The molecule has 0 amide bonds.